The molecule has 2 unspecified atom stereocenters. The van der Waals surface area contributed by atoms with Gasteiger partial charge in [-0.25, -0.2) is 0 Å². The van der Waals surface area contributed by atoms with Crippen molar-refractivity contribution >= 4 is 24.7 Å². The molecular formula is C18H27BClN3O4. The second-order valence-corrected chi connectivity index (χ2v) is 8.28. The molecule has 3 atom stereocenters. The zero-order valence-corrected chi connectivity index (χ0v) is 16.0. The van der Waals surface area contributed by atoms with E-state index in [1.165, 1.54) is 11.1 Å². The van der Waals surface area contributed by atoms with E-state index in [2.05, 4.69) is 16.3 Å². The lowest BCUT2D eigenvalue weighted by molar-refractivity contribution is -0.144. The van der Waals surface area contributed by atoms with Gasteiger partial charge >= 0.3 is 13.1 Å². The van der Waals surface area contributed by atoms with Crippen molar-refractivity contribution in [3.05, 3.63) is 34.3 Å². The summed E-state index contributed by atoms with van der Waals surface area (Å²) >= 11 is 6.05. The van der Waals surface area contributed by atoms with E-state index >= 15 is 0 Å². The summed E-state index contributed by atoms with van der Waals surface area (Å²) in [4.78, 5) is 13.9. The van der Waals surface area contributed by atoms with E-state index in [1.54, 1.807) is 0 Å². The third-order valence-electron chi connectivity index (χ3n) is 5.80. The molecule has 148 valence electrons. The van der Waals surface area contributed by atoms with Gasteiger partial charge in [0.1, 0.15) is 5.54 Å². The van der Waals surface area contributed by atoms with Gasteiger partial charge in [0.15, 0.2) is 0 Å². The highest BCUT2D eigenvalue weighted by Crippen LogP contribution is 2.31. The number of nitrogens with two attached hydrogens (primary N) is 1. The molecule has 2 aliphatic heterocycles. The summed E-state index contributed by atoms with van der Waals surface area (Å²) in [5.41, 5.74) is 7.44. The van der Waals surface area contributed by atoms with Gasteiger partial charge in [-0.1, -0.05) is 24.1 Å². The highest BCUT2D eigenvalue weighted by molar-refractivity contribution is 6.40. The van der Waals surface area contributed by atoms with Gasteiger partial charge in [-0.3, -0.25) is 9.69 Å². The maximum atomic E-state index is 11.8. The van der Waals surface area contributed by atoms with Gasteiger partial charge < -0.3 is 26.2 Å². The number of likely N-dealkylation sites (tertiary alicyclic amines) is 1. The number of halogens is 1. The van der Waals surface area contributed by atoms with E-state index < -0.39 is 18.6 Å². The molecule has 0 aromatic heterocycles. The highest BCUT2D eigenvalue weighted by atomic mass is 35.5. The van der Waals surface area contributed by atoms with E-state index in [-0.39, 0.29) is 18.3 Å². The summed E-state index contributed by atoms with van der Waals surface area (Å²) in [7, 11) is -1.36. The molecule has 0 saturated carbocycles. The Bertz CT molecular complexity index is 693. The zero-order chi connectivity index (χ0) is 19.6. The van der Waals surface area contributed by atoms with Crippen molar-refractivity contribution in [2.75, 3.05) is 19.6 Å². The number of carbonyl (C=O) groups is 1. The van der Waals surface area contributed by atoms with Crippen molar-refractivity contribution in [1.29, 1.82) is 0 Å². The number of benzene rings is 1. The molecule has 0 spiro atoms. The van der Waals surface area contributed by atoms with Crippen molar-refractivity contribution in [2.24, 2.45) is 11.7 Å². The quantitative estimate of drug-likeness (QED) is 0.422. The highest BCUT2D eigenvalue weighted by Gasteiger charge is 2.49. The fourth-order valence-corrected chi connectivity index (χ4v) is 4.50. The number of hydrogen-bond acceptors (Lipinski definition) is 6. The Kier molecular flexibility index (Phi) is 6.45. The van der Waals surface area contributed by atoms with Gasteiger partial charge in [0.2, 0.25) is 0 Å². The summed E-state index contributed by atoms with van der Waals surface area (Å²) in [6, 6.07) is 6.18. The van der Waals surface area contributed by atoms with Crippen LogP contribution >= 0.6 is 11.6 Å². The summed E-state index contributed by atoms with van der Waals surface area (Å²) in [5, 5.41) is 31.9. The molecule has 1 saturated heterocycles. The maximum Gasteiger partial charge on any atom is 0.451 e. The van der Waals surface area contributed by atoms with Crippen LogP contribution in [0.15, 0.2) is 18.2 Å². The lowest BCUT2D eigenvalue weighted by Crippen LogP contribution is -2.55. The molecule has 0 aliphatic carbocycles. The van der Waals surface area contributed by atoms with E-state index in [9.17, 15) is 9.90 Å². The van der Waals surface area contributed by atoms with Crippen molar-refractivity contribution in [1.82, 2.24) is 10.2 Å². The molecule has 1 aromatic rings. The van der Waals surface area contributed by atoms with Crippen LogP contribution in [0.5, 0.6) is 0 Å². The number of carboxylic acids is 1. The fraction of sp³-hybridized carbons (Fsp3) is 0.611. The van der Waals surface area contributed by atoms with Crippen LogP contribution in [-0.4, -0.2) is 64.4 Å². The Labute approximate surface area is 164 Å². The van der Waals surface area contributed by atoms with Crippen LogP contribution in [0.3, 0.4) is 0 Å². The summed E-state index contributed by atoms with van der Waals surface area (Å²) in [5.74, 6) is -1.19. The van der Waals surface area contributed by atoms with Crippen molar-refractivity contribution in [2.45, 2.75) is 43.7 Å². The van der Waals surface area contributed by atoms with Gasteiger partial charge in [-0.05, 0) is 42.4 Å². The standard InChI is InChI=1S/C18H27BClN3O4/c20-15-4-3-12-7-16(22-8-13(12)6-15)10-23-9-14(2-1-5-19(26)27)18(21,11-23)17(24)25/h3-4,6,14,16,22,26-27H,1-2,5,7-11,21H2,(H,24,25)/t14?,16?,18-/m0/s1. The topological polar surface area (TPSA) is 119 Å². The number of rotatable bonds is 7. The Balaban J connectivity index is 1.60. The van der Waals surface area contributed by atoms with Crippen molar-refractivity contribution in [3.8, 4) is 0 Å². The van der Waals surface area contributed by atoms with E-state index in [4.69, 9.17) is 27.4 Å². The molecule has 3 rings (SSSR count). The maximum absolute atomic E-state index is 11.8. The van der Waals surface area contributed by atoms with Gasteiger partial charge in [0.25, 0.3) is 0 Å². The minimum atomic E-state index is -1.36. The first-order valence-electron chi connectivity index (χ1n) is 9.39. The minimum Gasteiger partial charge on any atom is -0.480 e. The van der Waals surface area contributed by atoms with Gasteiger partial charge in [-0.15, -0.1) is 0 Å². The van der Waals surface area contributed by atoms with E-state index in [0.717, 1.165) is 24.5 Å². The predicted octanol–water partition coefficient (Wildman–Crippen LogP) is 0.321. The molecular weight excluding hydrogens is 368 g/mol. The first-order valence-corrected chi connectivity index (χ1v) is 9.77. The van der Waals surface area contributed by atoms with Crippen LogP contribution in [0, 0.1) is 5.92 Å². The van der Waals surface area contributed by atoms with Crippen molar-refractivity contribution in [3.63, 3.8) is 0 Å². The molecule has 2 aliphatic rings. The summed E-state index contributed by atoms with van der Waals surface area (Å²) in [6.07, 6.45) is 2.21. The van der Waals surface area contributed by atoms with Crippen LogP contribution in [0.2, 0.25) is 11.3 Å². The molecule has 7 nitrogen and oxygen atoms in total. The Hall–Kier alpha value is -1.16. The largest absolute Gasteiger partial charge is 0.480 e. The van der Waals surface area contributed by atoms with E-state index in [1.807, 2.05) is 12.1 Å². The molecule has 1 fully saturated rings. The average molecular weight is 396 g/mol. The first-order chi connectivity index (χ1) is 12.8. The lowest BCUT2D eigenvalue weighted by atomic mass is 9.78. The van der Waals surface area contributed by atoms with Gasteiger partial charge in [-0.2, -0.15) is 0 Å². The first kappa shape index (κ1) is 20.6. The van der Waals surface area contributed by atoms with Crippen molar-refractivity contribution < 1.29 is 19.9 Å². The Morgan fingerprint density at radius 1 is 1.41 bits per heavy atom. The van der Waals surface area contributed by atoms with Crippen LogP contribution in [0.4, 0.5) is 0 Å². The SMILES string of the molecule is N[C@@]1(C(=O)O)CN(CC2Cc3ccc(Cl)cc3CN2)CC1CCCB(O)O. The molecule has 0 radical (unpaired) electrons. The number of carboxylic acid groups (broad SMARTS) is 1. The van der Waals surface area contributed by atoms with Gasteiger partial charge in [0, 0.05) is 43.2 Å². The number of hydrogen-bond donors (Lipinski definition) is 5. The average Bonchev–Trinajstić information content (AvgIpc) is 2.91. The lowest BCUT2D eigenvalue weighted by Gasteiger charge is -2.30. The molecule has 9 heteroatoms. The normalized spacial score (nSPS) is 28.1. The fourth-order valence-electron chi connectivity index (χ4n) is 4.31. The number of nitrogens with zero attached hydrogens (tertiary/aromatic N) is 1. The second-order valence-electron chi connectivity index (χ2n) is 7.84. The molecule has 1 aromatic carbocycles. The number of fused-ring (bicyclic) bond motifs is 1. The summed E-state index contributed by atoms with van der Waals surface area (Å²) < 4.78 is 0. The minimum absolute atomic E-state index is 0.205. The third-order valence-corrected chi connectivity index (χ3v) is 6.03. The van der Waals surface area contributed by atoms with E-state index in [0.29, 0.717) is 25.9 Å². The number of aliphatic carboxylic acids is 1. The second kappa shape index (κ2) is 8.47. The van der Waals surface area contributed by atoms with Crippen LogP contribution < -0.4 is 11.1 Å². The zero-order valence-electron chi connectivity index (χ0n) is 15.3. The molecule has 27 heavy (non-hydrogen) atoms. The third kappa shape index (κ3) is 4.82. The summed E-state index contributed by atoms with van der Waals surface area (Å²) in [6.45, 7) is 2.39. The predicted molar refractivity (Wildman–Crippen MR) is 105 cm³/mol. The molecule has 2 heterocycles. The van der Waals surface area contributed by atoms with Crippen LogP contribution in [-0.2, 0) is 17.8 Å². The van der Waals surface area contributed by atoms with Gasteiger partial charge in [0.05, 0.1) is 0 Å². The van der Waals surface area contributed by atoms with Crippen LogP contribution in [0.1, 0.15) is 24.0 Å². The molecule has 6 N–H and O–H groups in total. The smallest absolute Gasteiger partial charge is 0.451 e. The Morgan fingerprint density at radius 3 is 2.89 bits per heavy atom. The Morgan fingerprint density at radius 2 is 2.19 bits per heavy atom. The number of nitrogens with one attached hydrogen (secondary N) is 1. The monoisotopic (exact) mass is 395 g/mol. The van der Waals surface area contributed by atoms with Crippen LogP contribution in [0.25, 0.3) is 0 Å². The molecule has 0 bridgehead atoms. The molecule has 0 amide bonds.